The fourth-order valence-electron chi connectivity index (χ4n) is 2.76. The van der Waals surface area contributed by atoms with Crippen molar-refractivity contribution < 1.29 is 19.0 Å². The highest BCUT2D eigenvalue weighted by Gasteiger charge is 2.18. The molecule has 0 spiro atoms. The van der Waals surface area contributed by atoms with Gasteiger partial charge in [0, 0.05) is 17.1 Å². The summed E-state index contributed by atoms with van der Waals surface area (Å²) < 4.78 is 16.5. The summed E-state index contributed by atoms with van der Waals surface area (Å²) in [7, 11) is 0. The van der Waals surface area contributed by atoms with Crippen LogP contribution in [0.25, 0.3) is 10.8 Å². The first kappa shape index (κ1) is 15.3. The predicted octanol–water partition coefficient (Wildman–Crippen LogP) is 3.97. The molecule has 1 aliphatic heterocycles. The number of benzene rings is 3. The van der Waals surface area contributed by atoms with Crippen LogP contribution in [-0.4, -0.2) is 18.8 Å². The fraction of sp³-hybridized carbons (Fsp3) is 0.150. The van der Waals surface area contributed by atoms with E-state index in [1.807, 2.05) is 42.5 Å². The first-order chi connectivity index (χ1) is 12.2. The van der Waals surface area contributed by atoms with Crippen LogP contribution in [0, 0.1) is 0 Å². The molecule has 0 aliphatic carbocycles. The van der Waals surface area contributed by atoms with Crippen LogP contribution >= 0.6 is 0 Å². The van der Waals surface area contributed by atoms with E-state index >= 15 is 0 Å². The monoisotopic (exact) mass is 335 g/mol. The molecule has 0 aromatic heterocycles. The largest absolute Gasteiger partial charge is 0.480 e. The standard InChI is InChI=1S/C20H17NO4/c1-13(25-17-8-4-6-14-5-2-3-7-16(14)17)20(22)21-15-9-10-18-19(11-15)24-12-23-18/h2-11,13H,12H2,1H3,(H,21,22)/t13-/m1/s1. The second kappa shape index (κ2) is 6.36. The van der Waals surface area contributed by atoms with Crippen LogP contribution < -0.4 is 19.5 Å². The molecule has 4 rings (SSSR count). The molecule has 0 fully saturated rings. The molecule has 0 unspecified atom stereocenters. The smallest absolute Gasteiger partial charge is 0.265 e. The minimum absolute atomic E-state index is 0.202. The van der Waals surface area contributed by atoms with Crippen LogP contribution in [0.2, 0.25) is 0 Å². The summed E-state index contributed by atoms with van der Waals surface area (Å²) in [4.78, 5) is 12.4. The average molecular weight is 335 g/mol. The zero-order chi connectivity index (χ0) is 17.2. The summed E-state index contributed by atoms with van der Waals surface area (Å²) in [6, 6.07) is 19.0. The van der Waals surface area contributed by atoms with E-state index in [0.29, 0.717) is 22.9 Å². The summed E-state index contributed by atoms with van der Waals surface area (Å²) in [6.07, 6.45) is -0.642. The molecular formula is C20H17NO4. The third kappa shape index (κ3) is 3.08. The Morgan fingerprint density at radius 2 is 1.84 bits per heavy atom. The Bertz CT molecular complexity index is 933. The molecule has 1 amide bonds. The van der Waals surface area contributed by atoms with E-state index < -0.39 is 6.10 Å². The van der Waals surface area contributed by atoms with Crippen molar-refractivity contribution in [3.63, 3.8) is 0 Å². The van der Waals surface area contributed by atoms with E-state index in [0.717, 1.165) is 10.8 Å². The molecule has 1 heterocycles. The third-order valence-corrected chi connectivity index (χ3v) is 4.06. The van der Waals surface area contributed by atoms with Gasteiger partial charge in [-0.3, -0.25) is 4.79 Å². The van der Waals surface area contributed by atoms with E-state index in [1.165, 1.54) is 0 Å². The van der Waals surface area contributed by atoms with Gasteiger partial charge in [0.15, 0.2) is 17.6 Å². The lowest BCUT2D eigenvalue weighted by atomic mass is 10.1. The molecule has 1 atom stereocenters. The van der Waals surface area contributed by atoms with Crippen molar-refractivity contribution >= 4 is 22.4 Å². The Labute approximate surface area is 145 Å². The van der Waals surface area contributed by atoms with Crippen molar-refractivity contribution in [3.05, 3.63) is 60.7 Å². The molecule has 0 bridgehead atoms. The molecule has 0 saturated carbocycles. The first-order valence-corrected chi connectivity index (χ1v) is 8.05. The van der Waals surface area contributed by atoms with Gasteiger partial charge in [0.1, 0.15) is 5.75 Å². The Hall–Kier alpha value is -3.21. The van der Waals surface area contributed by atoms with Gasteiger partial charge in [0.25, 0.3) is 5.91 Å². The minimum Gasteiger partial charge on any atom is -0.480 e. The molecule has 5 heteroatoms. The quantitative estimate of drug-likeness (QED) is 0.784. The number of carbonyl (C=O) groups excluding carboxylic acids is 1. The molecule has 3 aromatic carbocycles. The molecule has 5 nitrogen and oxygen atoms in total. The number of amides is 1. The van der Waals surface area contributed by atoms with Crippen LogP contribution in [0.3, 0.4) is 0 Å². The lowest BCUT2D eigenvalue weighted by molar-refractivity contribution is -0.122. The normalized spacial score (nSPS) is 13.5. The minimum atomic E-state index is -0.642. The van der Waals surface area contributed by atoms with Crippen LogP contribution in [0.15, 0.2) is 60.7 Å². The molecule has 1 aliphatic rings. The van der Waals surface area contributed by atoms with Gasteiger partial charge in [-0.15, -0.1) is 0 Å². The van der Waals surface area contributed by atoms with E-state index in [1.54, 1.807) is 25.1 Å². The Kier molecular flexibility index (Phi) is 3.90. The fourth-order valence-corrected chi connectivity index (χ4v) is 2.76. The second-order valence-electron chi connectivity index (χ2n) is 5.79. The number of ether oxygens (including phenoxy) is 3. The van der Waals surface area contributed by atoms with Gasteiger partial charge in [-0.05, 0) is 30.5 Å². The average Bonchev–Trinajstić information content (AvgIpc) is 3.10. The number of fused-ring (bicyclic) bond motifs is 2. The summed E-state index contributed by atoms with van der Waals surface area (Å²) >= 11 is 0. The second-order valence-corrected chi connectivity index (χ2v) is 5.79. The Morgan fingerprint density at radius 1 is 1.04 bits per heavy atom. The maximum absolute atomic E-state index is 12.4. The van der Waals surface area contributed by atoms with Crippen molar-refractivity contribution in [2.45, 2.75) is 13.0 Å². The van der Waals surface area contributed by atoms with Gasteiger partial charge in [-0.1, -0.05) is 36.4 Å². The van der Waals surface area contributed by atoms with Crippen molar-refractivity contribution in [1.29, 1.82) is 0 Å². The van der Waals surface area contributed by atoms with Crippen molar-refractivity contribution in [2.75, 3.05) is 12.1 Å². The molecule has 0 radical (unpaired) electrons. The number of carbonyl (C=O) groups is 1. The van der Waals surface area contributed by atoms with Crippen LogP contribution in [0.5, 0.6) is 17.2 Å². The highest BCUT2D eigenvalue weighted by Crippen LogP contribution is 2.34. The molecule has 25 heavy (non-hydrogen) atoms. The lowest BCUT2D eigenvalue weighted by Crippen LogP contribution is -2.30. The lowest BCUT2D eigenvalue weighted by Gasteiger charge is -2.16. The maximum Gasteiger partial charge on any atom is 0.265 e. The maximum atomic E-state index is 12.4. The Morgan fingerprint density at radius 3 is 2.76 bits per heavy atom. The SMILES string of the molecule is C[C@@H](Oc1cccc2ccccc12)C(=O)Nc1ccc2c(c1)OCO2. The molecular weight excluding hydrogens is 318 g/mol. The highest BCUT2D eigenvalue weighted by atomic mass is 16.7. The van der Waals surface area contributed by atoms with E-state index in [-0.39, 0.29) is 12.7 Å². The van der Waals surface area contributed by atoms with Crippen LogP contribution in [0.1, 0.15) is 6.92 Å². The first-order valence-electron chi connectivity index (χ1n) is 8.05. The summed E-state index contributed by atoms with van der Waals surface area (Å²) in [5.74, 6) is 1.76. The summed E-state index contributed by atoms with van der Waals surface area (Å²) in [5, 5.41) is 4.89. The van der Waals surface area contributed by atoms with Crippen molar-refractivity contribution in [2.24, 2.45) is 0 Å². The van der Waals surface area contributed by atoms with Gasteiger partial charge in [0.2, 0.25) is 6.79 Å². The predicted molar refractivity (Wildman–Crippen MR) is 95.2 cm³/mol. The number of rotatable bonds is 4. The van der Waals surface area contributed by atoms with Gasteiger partial charge >= 0.3 is 0 Å². The molecule has 0 saturated heterocycles. The van der Waals surface area contributed by atoms with E-state index in [4.69, 9.17) is 14.2 Å². The topological polar surface area (TPSA) is 56.8 Å². The van der Waals surface area contributed by atoms with Gasteiger partial charge in [-0.25, -0.2) is 0 Å². The number of hydrogen-bond acceptors (Lipinski definition) is 4. The third-order valence-electron chi connectivity index (χ3n) is 4.06. The zero-order valence-corrected chi connectivity index (χ0v) is 13.7. The summed E-state index contributed by atoms with van der Waals surface area (Å²) in [5.41, 5.74) is 0.641. The van der Waals surface area contributed by atoms with Crippen molar-refractivity contribution in [3.8, 4) is 17.2 Å². The molecule has 1 N–H and O–H groups in total. The van der Waals surface area contributed by atoms with Crippen molar-refractivity contribution in [1.82, 2.24) is 0 Å². The zero-order valence-electron chi connectivity index (χ0n) is 13.7. The molecule has 126 valence electrons. The highest BCUT2D eigenvalue weighted by molar-refractivity contribution is 5.95. The number of hydrogen-bond donors (Lipinski definition) is 1. The van der Waals surface area contributed by atoms with Crippen LogP contribution in [0.4, 0.5) is 5.69 Å². The van der Waals surface area contributed by atoms with Gasteiger partial charge in [0.05, 0.1) is 0 Å². The number of anilines is 1. The molecule has 3 aromatic rings. The van der Waals surface area contributed by atoms with Gasteiger partial charge < -0.3 is 19.5 Å². The Balaban J connectivity index is 1.48. The van der Waals surface area contributed by atoms with E-state index in [2.05, 4.69) is 5.32 Å². The summed E-state index contributed by atoms with van der Waals surface area (Å²) in [6.45, 7) is 1.93. The van der Waals surface area contributed by atoms with Crippen LogP contribution in [-0.2, 0) is 4.79 Å². The van der Waals surface area contributed by atoms with Gasteiger partial charge in [-0.2, -0.15) is 0 Å². The van der Waals surface area contributed by atoms with E-state index in [9.17, 15) is 4.79 Å². The number of nitrogens with one attached hydrogen (secondary N) is 1.